The van der Waals surface area contributed by atoms with Gasteiger partial charge in [-0.25, -0.2) is 0 Å². The highest BCUT2D eigenvalue weighted by Crippen LogP contribution is 2.14. The van der Waals surface area contributed by atoms with E-state index < -0.39 is 0 Å². The number of hydrogen-bond donors (Lipinski definition) is 1. The standard InChI is InChI=1S/C11H13BrN2O2/c12-5-6-15-7-8-16-11-13-9-3-1-2-4-10(9)14-11/h1-4H,5-8H2,(H,13,14). The van der Waals surface area contributed by atoms with Crippen molar-refractivity contribution in [2.75, 3.05) is 25.2 Å². The summed E-state index contributed by atoms with van der Waals surface area (Å²) in [6.07, 6.45) is 0. The fourth-order valence-corrected chi connectivity index (χ4v) is 1.58. The van der Waals surface area contributed by atoms with Crippen LogP contribution in [0.4, 0.5) is 0 Å². The zero-order valence-electron chi connectivity index (χ0n) is 8.78. The van der Waals surface area contributed by atoms with Gasteiger partial charge in [0.15, 0.2) is 0 Å². The SMILES string of the molecule is BrCCOCCOc1nc2ccccc2[nH]1. The van der Waals surface area contributed by atoms with Crippen molar-refractivity contribution in [2.45, 2.75) is 0 Å². The molecule has 0 atom stereocenters. The minimum atomic E-state index is 0.507. The third kappa shape index (κ3) is 2.96. The van der Waals surface area contributed by atoms with Crippen LogP contribution in [-0.4, -0.2) is 35.1 Å². The Morgan fingerprint density at radius 1 is 1.19 bits per heavy atom. The first kappa shape index (κ1) is 11.4. The van der Waals surface area contributed by atoms with Crippen LogP contribution in [0.3, 0.4) is 0 Å². The molecule has 2 rings (SSSR count). The Morgan fingerprint density at radius 3 is 2.88 bits per heavy atom. The number of imidazole rings is 1. The molecule has 5 heteroatoms. The van der Waals surface area contributed by atoms with Crippen LogP contribution in [0.15, 0.2) is 24.3 Å². The topological polar surface area (TPSA) is 47.1 Å². The second-order valence-corrected chi connectivity index (χ2v) is 4.00. The van der Waals surface area contributed by atoms with Gasteiger partial charge >= 0.3 is 0 Å². The molecule has 1 aromatic carbocycles. The van der Waals surface area contributed by atoms with E-state index in [1.54, 1.807) is 0 Å². The van der Waals surface area contributed by atoms with Crippen molar-refractivity contribution in [3.63, 3.8) is 0 Å². The van der Waals surface area contributed by atoms with Gasteiger partial charge in [0.1, 0.15) is 6.61 Å². The lowest BCUT2D eigenvalue weighted by Gasteiger charge is -2.02. The molecule has 0 spiro atoms. The lowest BCUT2D eigenvalue weighted by atomic mass is 10.3. The van der Waals surface area contributed by atoms with E-state index in [-0.39, 0.29) is 0 Å². The molecule has 0 amide bonds. The number of alkyl halides is 1. The van der Waals surface area contributed by atoms with Crippen molar-refractivity contribution in [3.8, 4) is 6.01 Å². The lowest BCUT2D eigenvalue weighted by molar-refractivity contribution is 0.109. The van der Waals surface area contributed by atoms with E-state index in [1.807, 2.05) is 24.3 Å². The monoisotopic (exact) mass is 284 g/mol. The maximum Gasteiger partial charge on any atom is 0.294 e. The van der Waals surface area contributed by atoms with Crippen LogP contribution in [0.5, 0.6) is 6.01 Å². The Kier molecular flexibility index (Phi) is 4.18. The molecule has 0 aliphatic heterocycles. The molecule has 86 valence electrons. The van der Waals surface area contributed by atoms with Gasteiger partial charge in [0.25, 0.3) is 6.01 Å². The maximum absolute atomic E-state index is 5.43. The maximum atomic E-state index is 5.43. The molecule has 0 radical (unpaired) electrons. The van der Waals surface area contributed by atoms with E-state index in [0.717, 1.165) is 16.4 Å². The predicted molar refractivity (Wildman–Crippen MR) is 66.2 cm³/mol. The number of nitrogens with one attached hydrogen (secondary N) is 1. The summed E-state index contributed by atoms with van der Waals surface area (Å²) < 4.78 is 10.7. The Bertz CT molecular complexity index is 411. The fraction of sp³-hybridized carbons (Fsp3) is 0.364. The molecule has 0 aliphatic rings. The molecule has 0 saturated heterocycles. The van der Waals surface area contributed by atoms with Gasteiger partial charge < -0.3 is 14.5 Å². The molecular weight excluding hydrogens is 272 g/mol. The number of aromatic amines is 1. The van der Waals surface area contributed by atoms with Crippen molar-refractivity contribution < 1.29 is 9.47 Å². The number of aromatic nitrogens is 2. The smallest absolute Gasteiger partial charge is 0.294 e. The molecule has 1 N–H and O–H groups in total. The Morgan fingerprint density at radius 2 is 2.06 bits per heavy atom. The van der Waals surface area contributed by atoms with Crippen molar-refractivity contribution in [1.82, 2.24) is 9.97 Å². The quantitative estimate of drug-likeness (QED) is 0.654. The highest BCUT2D eigenvalue weighted by molar-refractivity contribution is 9.09. The summed E-state index contributed by atoms with van der Waals surface area (Å²) in [5, 5.41) is 0.845. The van der Waals surface area contributed by atoms with Crippen LogP contribution in [0.25, 0.3) is 11.0 Å². The minimum Gasteiger partial charge on any atom is -0.462 e. The molecule has 0 unspecified atom stereocenters. The van der Waals surface area contributed by atoms with E-state index in [0.29, 0.717) is 25.8 Å². The number of rotatable bonds is 6. The largest absolute Gasteiger partial charge is 0.462 e. The Balaban J connectivity index is 1.85. The van der Waals surface area contributed by atoms with E-state index in [4.69, 9.17) is 9.47 Å². The second-order valence-electron chi connectivity index (χ2n) is 3.21. The van der Waals surface area contributed by atoms with E-state index in [1.165, 1.54) is 0 Å². The Labute approximate surface area is 102 Å². The highest BCUT2D eigenvalue weighted by atomic mass is 79.9. The van der Waals surface area contributed by atoms with Crippen molar-refractivity contribution in [2.24, 2.45) is 0 Å². The summed E-state index contributed by atoms with van der Waals surface area (Å²) in [4.78, 5) is 7.38. The van der Waals surface area contributed by atoms with Crippen LogP contribution in [0.1, 0.15) is 0 Å². The lowest BCUT2D eigenvalue weighted by Crippen LogP contribution is -2.08. The average Bonchev–Trinajstić information content (AvgIpc) is 2.71. The van der Waals surface area contributed by atoms with E-state index in [9.17, 15) is 0 Å². The van der Waals surface area contributed by atoms with Crippen molar-refractivity contribution in [3.05, 3.63) is 24.3 Å². The van der Waals surface area contributed by atoms with Crippen LogP contribution in [0.2, 0.25) is 0 Å². The first-order chi connectivity index (χ1) is 7.90. The minimum absolute atomic E-state index is 0.507. The summed E-state index contributed by atoms with van der Waals surface area (Å²) >= 11 is 3.29. The number of hydrogen-bond acceptors (Lipinski definition) is 3. The second kappa shape index (κ2) is 5.86. The molecule has 0 bridgehead atoms. The van der Waals surface area contributed by atoms with Gasteiger partial charge in [-0.1, -0.05) is 28.1 Å². The number of benzene rings is 1. The summed E-state index contributed by atoms with van der Waals surface area (Å²) in [5.41, 5.74) is 1.90. The Hall–Kier alpha value is -1.07. The van der Waals surface area contributed by atoms with Gasteiger partial charge in [-0.05, 0) is 12.1 Å². The zero-order chi connectivity index (χ0) is 11.2. The van der Waals surface area contributed by atoms with Crippen molar-refractivity contribution >= 4 is 27.0 Å². The third-order valence-electron chi connectivity index (χ3n) is 2.06. The molecule has 4 nitrogen and oxygen atoms in total. The van der Waals surface area contributed by atoms with Gasteiger partial charge in [0.05, 0.1) is 24.2 Å². The first-order valence-corrected chi connectivity index (χ1v) is 6.23. The number of nitrogens with zero attached hydrogens (tertiary/aromatic N) is 1. The van der Waals surface area contributed by atoms with Crippen LogP contribution < -0.4 is 4.74 Å². The number of ether oxygens (including phenoxy) is 2. The number of halogens is 1. The van der Waals surface area contributed by atoms with E-state index >= 15 is 0 Å². The van der Waals surface area contributed by atoms with Crippen LogP contribution >= 0.6 is 15.9 Å². The van der Waals surface area contributed by atoms with Crippen molar-refractivity contribution in [1.29, 1.82) is 0 Å². The van der Waals surface area contributed by atoms with Gasteiger partial charge in [-0.2, -0.15) is 4.98 Å². The fourth-order valence-electron chi connectivity index (χ4n) is 1.35. The number of fused-ring (bicyclic) bond motifs is 1. The molecule has 0 aliphatic carbocycles. The molecule has 16 heavy (non-hydrogen) atoms. The molecule has 1 heterocycles. The van der Waals surface area contributed by atoms with Gasteiger partial charge in [0, 0.05) is 5.33 Å². The summed E-state index contributed by atoms with van der Waals surface area (Å²) in [7, 11) is 0. The van der Waals surface area contributed by atoms with Crippen LogP contribution in [0, 0.1) is 0 Å². The van der Waals surface area contributed by atoms with Gasteiger partial charge in [-0.3, -0.25) is 0 Å². The summed E-state index contributed by atoms with van der Waals surface area (Å²) in [5.74, 6) is 0. The molecule has 0 saturated carbocycles. The normalized spacial score (nSPS) is 10.8. The molecular formula is C11H13BrN2O2. The first-order valence-electron chi connectivity index (χ1n) is 5.11. The van der Waals surface area contributed by atoms with Gasteiger partial charge in [-0.15, -0.1) is 0 Å². The zero-order valence-corrected chi connectivity index (χ0v) is 10.4. The summed E-state index contributed by atoms with van der Waals surface area (Å²) in [6, 6.07) is 8.37. The molecule has 0 fully saturated rings. The highest BCUT2D eigenvalue weighted by Gasteiger charge is 2.01. The molecule has 1 aromatic heterocycles. The van der Waals surface area contributed by atoms with Gasteiger partial charge in [0.2, 0.25) is 0 Å². The molecule has 2 aromatic rings. The van der Waals surface area contributed by atoms with E-state index in [2.05, 4.69) is 25.9 Å². The third-order valence-corrected chi connectivity index (χ3v) is 2.38. The summed E-state index contributed by atoms with van der Waals surface area (Å²) in [6.45, 7) is 1.78. The average molecular weight is 285 g/mol. The van der Waals surface area contributed by atoms with Crippen LogP contribution in [-0.2, 0) is 4.74 Å². The predicted octanol–water partition coefficient (Wildman–Crippen LogP) is 2.35. The number of para-hydroxylation sites is 2. The number of H-pyrrole nitrogens is 1.